The average molecular weight is 608 g/mol. The first-order valence-electron chi connectivity index (χ1n) is 13.0. The zero-order chi connectivity index (χ0) is 29.4. The molecule has 0 spiro atoms. The minimum Gasteiger partial charge on any atom is -0.211 e. The summed E-state index contributed by atoms with van der Waals surface area (Å²) >= 11 is 0. The zero-order valence-corrected chi connectivity index (χ0v) is 25.4. The molecule has 0 amide bonds. The predicted octanol–water partition coefficient (Wildman–Crippen LogP) is 3.73. The maximum Gasteiger partial charge on any atom is 0.243 e. The monoisotopic (exact) mass is 607 g/mol. The number of nitrogens with zero attached hydrogens (tertiary/aromatic N) is 1. The summed E-state index contributed by atoms with van der Waals surface area (Å²) in [6.45, 7) is 6.09. The Bertz CT molecular complexity index is 1570. The number of sulfonamides is 3. The average Bonchev–Trinajstić information content (AvgIpc) is 2.90. The van der Waals surface area contributed by atoms with Crippen molar-refractivity contribution in [3.05, 3.63) is 89.5 Å². The second-order valence-corrected chi connectivity index (χ2v) is 15.2. The molecule has 0 heterocycles. The summed E-state index contributed by atoms with van der Waals surface area (Å²) in [5.41, 5.74) is 2.83. The number of hydrogen-bond donors (Lipinski definition) is 2. The second kappa shape index (κ2) is 13.8. The van der Waals surface area contributed by atoms with Crippen molar-refractivity contribution in [1.82, 2.24) is 13.7 Å². The lowest BCUT2D eigenvalue weighted by atomic mass is 10.2. The van der Waals surface area contributed by atoms with Crippen LogP contribution in [0.5, 0.6) is 0 Å². The van der Waals surface area contributed by atoms with Crippen molar-refractivity contribution in [2.24, 2.45) is 0 Å². The molecule has 218 valence electrons. The number of unbranched alkanes of at least 4 members (excludes halogenated alkanes) is 1. The molecule has 0 aromatic heterocycles. The fourth-order valence-electron chi connectivity index (χ4n) is 3.89. The first-order chi connectivity index (χ1) is 18.8. The van der Waals surface area contributed by atoms with E-state index in [2.05, 4.69) is 9.44 Å². The third kappa shape index (κ3) is 8.95. The third-order valence-electron chi connectivity index (χ3n) is 6.32. The molecule has 0 fully saturated rings. The number of aryl methyl sites for hydroxylation is 3. The van der Waals surface area contributed by atoms with E-state index in [4.69, 9.17) is 0 Å². The molecule has 0 bridgehead atoms. The van der Waals surface area contributed by atoms with Crippen molar-refractivity contribution in [3.8, 4) is 0 Å². The van der Waals surface area contributed by atoms with Crippen molar-refractivity contribution >= 4 is 30.1 Å². The molecule has 12 heteroatoms. The predicted molar refractivity (Wildman–Crippen MR) is 157 cm³/mol. The normalized spacial score (nSPS) is 12.6. The van der Waals surface area contributed by atoms with Gasteiger partial charge in [-0.3, -0.25) is 0 Å². The van der Waals surface area contributed by atoms with Crippen LogP contribution in [0.4, 0.5) is 0 Å². The van der Waals surface area contributed by atoms with E-state index in [0.29, 0.717) is 12.8 Å². The van der Waals surface area contributed by atoms with Crippen molar-refractivity contribution in [2.75, 3.05) is 26.2 Å². The summed E-state index contributed by atoms with van der Waals surface area (Å²) in [4.78, 5) is 0.475. The van der Waals surface area contributed by atoms with Gasteiger partial charge in [-0.1, -0.05) is 53.1 Å². The van der Waals surface area contributed by atoms with Crippen molar-refractivity contribution in [3.63, 3.8) is 0 Å². The standard InChI is InChI=1S/C28H37N3O6S3/c1-23-7-13-26(14-8-23)38(32,33)29-19-4-5-21-31(40(36,37)28-17-11-25(3)12-18-28)22-6-20-30-39(34,35)27-15-9-24(2)10-16-27/h7-18,29-30H,4-6,19-22H2,1-3H3. The highest BCUT2D eigenvalue weighted by Gasteiger charge is 2.24. The maximum absolute atomic E-state index is 13.4. The van der Waals surface area contributed by atoms with Crippen LogP contribution in [-0.4, -0.2) is 55.7 Å². The molecule has 40 heavy (non-hydrogen) atoms. The second-order valence-electron chi connectivity index (χ2n) is 9.70. The molecule has 0 aliphatic heterocycles. The van der Waals surface area contributed by atoms with Crippen molar-refractivity contribution in [2.45, 2.75) is 54.7 Å². The van der Waals surface area contributed by atoms with Gasteiger partial charge >= 0.3 is 0 Å². The number of benzene rings is 3. The smallest absolute Gasteiger partial charge is 0.211 e. The van der Waals surface area contributed by atoms with E-state index in [0.717, 1.165) is 16.7 Å². The molecule has 0 aliphatic carbocycles. The van der Waals surface area contributed by atoms with E-state index in [9.17, 15) is 25.3 Å². The van der Waals surface area contributed by atoms with Gasteiger partial charge in [0.05, 0.1) is 14.7 Å². The topological polar surface area (TPSA) is 130 Å². The van der Waals surface area contributed by atoms with E-state index in [1.807, 2.05) is 20.8 Å². The van der Waals surface area contributed by atoms with Gasteiger partial charge in [0.25, 0.3) is 0 Å². The molecular weight excluding hydrogens is 571 g/mol. The molecule has 0 radical (unpaired) electrons. The maximum atomic E-state index is 13.4. The minimum atomic E-state index is -3.84. The molecule has 0 aliphatic rings. The highest BCUT2D eigenvalue weighted by atomic mass is 32.2. The van der Waals surface area contributed by atoms with Crippen molar-refractivity contribution < 1.29 is 25.3 Å². The lowest BCUT2D eigenvalue weighted by molar-refractivity contribution is 0.394. The molecule has 0 atom stereocenters. The zero-order valence-electron chi connectivity index (χ0n) is 23.0. The van der Waals surface area contributed by atoms with Gasteiger partial charge in [-0.25, -0.2) is 34.7 Å². The van der Waals surface area contributed by atoms with Gasteiger partial charge in [0.1, 0.15) is 0 Å². The van der Waals surface area contributed by atoms with Crippen LogP contribution in [0.15, 0.2) is 87.5 Å². The molecule has 3 aromatic carbocycles. The lowest BCUT2D eigenvalue weighted by Crippen LogP contribution is -2.35. The molecule has 0 saturated carbocycles. The van der Waals surface area contributed by atoms with Crippen LogP contribution in [0, 0.1) is 20.8 Å². The highest BCUT2D eigenvalue weighted by Crippen LogP contribution is 2.18. The lowest BCUT2D eigenvalue weighted by Gasteiger charge is -2.22. The Morgan fingerprint density at radius 2 is 0.850 bits per heavy atom. The SMILES string of the molecule is Cc1ccc(S(=O)(=O)NCCCCN(CCCNS(=O)(=O)c2ccc(C)cc2)S(=O)(=O)c2ccc(C)cc2)cc1. The molecule has 0 saturated heterocycles. The quantitative estimate of drug-likeness (QED) is 0.253. The van der Waals surface area contributed by atoms with Crippen LogP contribution in [0.25, 0.3) is 0 Å². The minimum absolute atomic E-state index is 0.0620. The Morgan fingerprint density at radius 3 is 1.27 bits per heavy atom. The van der Waals surface area contributed by atoms with Gasteiger partial charge in [-0.15, -0.1) is 0 Å². The fourth-order valence-corrected chi connectivity index (χ4v) is 7.56. The Morgan fingerprint density at radius 1 is 0.500 bits per heavy atom. The number of rotatable bonds is 15. The van der Waals surface area contributed by atoms with Crippen LogP contribution in [0.2, 0.25) is 0 Å². The van der Waals surface area contributed by atoms with Gasteiger partial charge in [0, 0.05) is 26.2 Å². The van der Waals surface area contributed by atoms with Gasteiger partial charge < -0.3 is 0 Å². The molecule has 3 rings (SSSR count). The van der Waals surface area contributed by atoms with E-state index in [-0.39, 0.29) is 47.3 Å². The Kier molecular flexibility index (Phi) is 11.0. The van der Waals surface area contributed by atoms with E-state index < -0.39 is 30.1 Å². The van der Waals surface area contributed by atoms with Gasteiger partial charge in [-0.05, 0) is 76.4 Å². The Hall–Kier alpha value is -2.61. The summed E-state index contributed by atoms with van der Waals surface area (Å²) in [7, 11) is -11.2. The molecular formula is C28H37N3O6S3. The van der Waals surface area contributed by atoms with Crippen LogP contribution >= 0.6 is 0 Å². The Balaban J connectivity index is 1.60. The highest BCUT2D eigenvalue weighted by molar-refractivity contribution is 7.90. The molecule has 0 unspecified atom stereocenters. The van der Waals surface area contributed by atoms with Gasteiger partial charge in [-0.2, -0.15) is 4.31 Å². The summed E-state index contributed by atoms with van der Waals surface area (Å²) in [5.74, 6) is 0. The summed E-state index contributed by atoms with van der Waals surface area (Å²) in [6, 6.07) is 19.6. The summed E-state index contributed by atoms with van der Waals surface area (Å²) in [6.07, 6.45) is 1.10. The van der Waals surface area contributed by atoms with Crippen LogP contribution in [0.1, 0.15) is 36.0 Å². The molecule has 2 N–H and O–H groups in total. The van der Waals surface area contributed by atoms with Gasteiger partial charge in [0.2, 0.25) is 30.1 Å². The number of hydrogen-bond acceptors (Lipinski definition) is 6. The largest absolute Gasteiger partial charge is 0.243 e. The van der Waals surface area contributed by atoms with Crippen LogP contribution in [0.3, 0.4) is 0 Å². The van der Waals surface area contributed by atoms with Crippen LogP contribution < -0.4 is 9.44 Å². The summed E-state index contributed by atoms with van der Waals surface area (Å²) in [5, 5.41) is 0. The molecule has 9 nitrogen and oxygen atoms in total. The van der Waals surface area contributed by atoms with Crippen molar-refractivity contribution in [1.29, 1.82) is 0 Å². The molecule has 3 aromatic rings. The van der Waals surface area contributed by atoms with Crippen LogP contribution in [-0.2, 0) is 30.1 Å². The first-order valence-corrected chi connectivity index (χ1v) is 17.4. The van der Waals surface area contributed by atoms with Gasteiger partial charge in [0.15, 0.2) is 0 Å². The Labute approximate surface area is 238 Å². The van der Waals surface area contributed by atoms with E-state index in [1.54, 1.807) is 60.7 Å². The summed E-state index contributed by atoms with van der Waals surface area (Å²) < 4.78 is 83.4. The number of nitrogens with one attached hydrogen (secondary N) is 2. The third-order valence-corrected chi connectivity index (χ3v) is 11.2. The van der Waals surface area contributed by atoms with E-state index >= 15 is 0 Å². The first kappa shape index (κ1) is 31.9. The fraction of sp³-hybridized carbons (Fsp3) is 0.357. The van der Waals surface area contributed by atoms with E-state index in [1.165, 1.54) is 16.4 Å².